The van der Waals surface area contributed by atoms with Crippen molar-refractivity contribution in [1.82, 2.24) is 4.98 Å². The van der Waals surface area contributed by atoms with Gasteiger partial charge in [0, 0.05) is 24.0 Å². The second-order valence-corrected chi connectivity index (χ2v) is 4.95. The number of hydrogen-bond acceptors (Lipinski definition) is 3. The number of methoxy groups -OCH3 is 1. The maximum absolute atomic E-state index is 5.14. The molecule has 17 heavy (non-hydrogen) atoms. The third-order valence-corrected chi connectivity index (χ3v) is 3.66. The highest BCUT2D eigenvalue weighted by Crippen LogP contribution is 2.26. The van der Waals surface area contributed by atoms with Crippen LogP contribution in [0, 0.1) is 5.92 Å². The number of anilines is 1. The molecule has 1 saturated carbocycles. The van der Waals surface area contributed by atoms with Gasteiger partial charge in [0.15, 0.2) is 0 Å². The second-order valence-electron chi connectivity index (χ2n) is 4.95. The summed E-state index contributed by atoms with van der Waals surface area (Å²) in [6.07, 6.45) is 8.49. The molecule has 1 aliphatic rings. The number of rotatable bonds is 3. The van der Waals surface area contributed by atoms with E-state index in [2.05, 4.69) is 17.2 Å². The quantitative estimate of drug-likeness (QED) is 0.813. The summed E-state index contributed by atoms with van der Waals surface area (Å²) in [6, 6.07) is 4.57. The Morgan fingerprint density at radius 3 is 2.94 bits per heavy atom. The van der Waals surface area contributed by atoms with Gasteiger partial charge in [-0.1, -0.05) is 26.2 Å². The Bertz CT molecular complexity index is 354. The van der Waals surface area contributed by atoms with Crippen LogP contribution in [0.15, 0.2) is 18.3 Å². The molecule has 0 radical (unpaired) electrons. The average molecular weight is 234 g/mol. The molecule has 1 heterocycles. The number of pyridine rings is 1. The molecule has 1 aromatic heterocycles. The van der Waals surface area contributed by atoms with Crippen molar-refractivity contribution in [3.05, 3.63) is 18.3 Å². The van der Waals surface area contributed by atoms with Gasteiger partial charge in [-0.05, 0) is 24.8 Å². The van der Waals surface area contributed by atoms with Crippen molar-refractivity contribution in [1.29, 1.82) is 0 Å². The molecule has 3 nitrogen and oxygen atoms in total. The molecule has 0 amide bonds. The lowest BCUT2D eigenvalue weighted by atomic mass is 9.97. The zero-order chi connectivity index (χ0) is 12.1. The van der Waals surface area contributed by atoms with Crippen LogP contribution in [0.4, 0.5) is 5.69 Å². The molecule has 1 N–H and O–H groups in total. The van der Waals surface area contributed by atoms with Gasteiger partial charge in [-0.3, -0.25) is 0 Å². The fourth-order valence-corrected chi connectivity index (χ4v) is 2.53. The van der Waals surface area contributed by atoms with Crippen LogP contribution in [-0.4, -0.2) is 18.1 Å². The smallest absolute Gasteiger partial charge is 0.214 e. The Kier molecular flexibility index (Phi) is 4.24. The Balaban J connectivity index is 2.02. The van der Waals surface area contributed by atoms with Crippen LogP contribution in [0.3, 0.4) is 0 Å². The van der Waals surface area contributed by atoms with Gasteiger partial charge < -0.3 is 10.1 Å². The maximum Gasteiger partial charge on any atom is 0.214 e. The van der Waals surface area contributed by atoms with E-state index in [1.54, 1.807) is 13.3 Å². The molecule has 3 heteroatoms. The lowest BCUT2D eigenvalue weighted by Crippen LogP contribution is -2.26. The van der Waals surface area contributed by atoms with E-state index in [1.165, 1.54) is 32.1 Å². The molecule has 0 saturated heterocycles. The summed E-state index contributed by atoms with van der Waals surface area (Å²) in [4.78, 5) is 4.13. The molecule has 2 rings (SSSR count). The first-order chi connectivity index (χ1) is 8.29. The topological polar surface area (TPSA) is 34.1 Å². The molecule has 94 valence electrons. The molecule has 2 atom stereocenters. The first-order valence-electron chi connectivity index (χ1n) is 6.56. The summed E-state index contributed by atoms with van der Waals surface area (Å²) >= 11 is 0. The maximum atomic E-state index is 5.14. The summed E-state index contributed by atoms with van der Waals surface area (Å²) < 4.78 is 5.14. The van der Waals surface area contributed by atoms with Crippen molar-refractivity contribution in [2.24, 2.45) is 5.92 Å². The zero-order valence-electron chi connectivity index (χ0n) is 10.8. The first kappa shape index (κ1) is 12.2. The van der Waals surface area contributed by atoms with Gasteiger partial charge in [-0.25, -0.2) is 4.98 Å². The van der Waals surface area contributed by atoms with Crippen molar-refractivity contribution >= 4 is 5.69 Å². The summed E-state index contributed by atoms with van der Waals surface area (Å²) in [5.74, 6) is 1.42. The number of aromatic nitrogens is 1. The Morgan fingerprint density at radius 1 is 1.29 bits per heavy atom. The van der Waals surface area contributed by atoms with Crippen LogP contribution in [0.2, 0.25) is 0 Å². The van der Waals surface area contributed by atoms with Crippen LogP contribution in [0.1, 0.15) is 39.0 Å². The van der Waals surface area contributed by atoms with Crippen molar-refractivity contribution < 1.29 is 4.74 Å². The highest BCUT2D eigenvalue weighted by molar-refractivity contribution is 5.46. The molecule has 1 aliphatic carbocycles. The molecular formula is C14H22N2O. The molecule has 0 spiro atoms. The Hall–Kier alpha value is -1.25. The number of nitrogens with one attached hydrogen (secondary N) is 1. The lowest BCUT2D eigenvalue weighted by Gasteiger charge is -2.24. The first-order valence-corrected chi connectivity index (χ1v) is 6.56. The number of hydrogen-bond donors (Lipinski definition) is 1. The highest BCUT2D eigenvalue weighted by Gasteiger charge is 2.19. The van der Waals surface area contributed by atoms with Gasteiger partial charge in [0.1, 0.15) is 0 Å². The van der Waals surface area contributed by atoms with Gasteiger partial charge in [-0.15, -0.1) is 0 Å². The minimum absolute atomic E-state index is 0.588. The van der Waals surface area contributed by atoms with E-state index in [0.29, 0.717) is 11.9 Å². The summed E-state index contributed by atoms with van der Waals surface area (Å²) in [5.41, 5.74) is 1.12. The Labute approximate surface area is 104 Å². The third kappa shape index (κ3) is 3.35. The van der Waals surface area contributed by atoms with Crippen LogP contribution in [0.25, 0.3) is 0 Å². The van der Waals surface area contributed by atoms with E-state index in [-0.39, 0.29) is 0 Å². The van der Waals surface area contributed by atoms with Crippen LogP contribution in [0.5, 0.6) is 5.88 Å². The van der Waals surface area contributed by atoms with E-state index in [0.717, 1.165) is 11.6 Å². The average Bonchev–Trinajstić information content (AvgIpc) is 2.55. The highest BCUT2D eigenvalue weighted by atomic mass is 16.5. The Morgan fingerprint density at radius 2 is 2.12 bits per heavy atom. The van der Waals surface area contributed by atoms with E-state index < -0.39 is 0 Å². The molecule has 1 fully saturated rings. The molecule has 1 aromatic rings. The monoisotopic (exact) mass is 234 g/mol. The van der Waals surface area contributed by atoms with Crippen molar-refractivity contribution in [3.63, 3.8) is 0 Å². The van der Waals surface area contributed by atoms with E-state index in [9.17, 15) is 0 Å². The summed E-state index contributed by atoms with van der Waals surface area (Å²) in [6.45, 7) is 2.35. The summed E-state index contributed by atoms with van der Waals surface area (Å²) in [5, 5.41) is 3.63. The van der Waals surface area contributed by atoms with Gasteiger partial charge >= 0.3 is 0 Å². The van der Waals surface area contributed by atoms with Crippen molar-refractivity contribution in [2.45, 2.75) is 45.1 Å². The largest absolute Gasteiger partial charge is 0.481 e. The molecular weight excluding hydrogens is 212 g/mol. The van der Waals surface area contributed by atoms with E-state index in [4.69, 9.17) is 4.74 Å². The number of ether oxygens (including phenoxy) is 1. The standard InChI is InChI=1S/C14H22N2O/c1-11-6-4-3-5-7-13(11)16-12-8-9-15-14(10-12)17-2/h8-11,13H,3-7H2,1-2H3,(H,15,16). The number of nitrogens with zero attached hydrogens (tertiary/aromatic N) is 1. The minimum Gasteiger partial charge on any atom is -0.481 e. The molecule has 0 aromatic carbocycles. The SMILES string of the molecule is COc1cc(NC2CCCCCC2C)ccn1. The van der Waals surface area contributed by atoms with Crippen molar-refractivity contribution in [3.8, 4) is 5.88 Å². The lowest BCUT2D eigenvalue weighted by molar-refractivity contribution is 0.397. The predicted molar refractivity (Wildman–Crippen MR) is 70.4 cm³/mol. The second kappa shape index (κ2) is 5.89. The van der Waals surface area contributed by atoms with Gasteiger partial charge in [0.05, 0.1) is 7.11 Å². The van der Waals surface area contributed by atoms with Gasteiger partial charge in [-0.2, -0.15) is 0 Å². The molecule has 2 unspecified atom stereocenters. The van der Waals surface area contributed by atoms with E-state index in [1.807, 2.05) is 12.1 Å². The zero-order valence-corrected chi connectivity index (χ0v) is 10.8. The summed E-state index contributed by atoms with van der Waals surface area (Å²) in [7, 11) is 1.65. The fraction of sp³-hybridized carbons (Fsp3) is 0.643. The third-order valence-electron chi connectivity index (χ3n) is 3.66. The van der Waals surface area contributed by atoms with Gasteiger partial charge in [0.2, 0.25) is 5.88 Å². The fourth-order valence-electron chi connectivity index (χ4n) is 2.53. The molecule has 0 bridgehead atoms. The van der Waals surface area contributed by atoms with E-state index >= 15 is 0 Å². The normalized spacial score (nSPS) is 25.1. The van der Waals surface area contributed by atoms with Gasteiger partial charge in [0.25, 0.3) is 0 Å². The van der Waals surface area contributed by atoms with Crippen LogP contribution in [-0.2, 0) is 0 Å². The predicted octanol–water partition coefficient (Wildman–Crippen LogP) is 3.47. The minimum atomic E-state index is 0.588. The van der Waals surface area contributed by atoms with Crippen LogP contribution >= 0.6 is 0 Å². The van der Waals surface area contributed by atoms with Crippen molar-refractivity contribution in [2.75, 3.05) is 12.4 Å². The molecule has 0 aliphatic heterocycles. The van der Waals surface area contributed by atoms with Crippen LogP contribution < -0.4 is 10.1 Å².